The molecule has 1 spiro atoms. The predicted octanol–water partition coefficient (Wildman–Crippen LogP) is -3.28. The number of ether oxygens (including phenoxy) is 3. The van der Waals surface area contributed by atoms with Gasteiger partial charge >= 0.3 is 0 Å². The molecule has 62 heavy (non-hydrogen) atoms. The van der Waals surface area contributed by atoms with Crippen molar-refractivity contribution in [1.29, 1.82) is 0 Å². The smallest absolute Gasteiger partial charge is 0.264 e. The summed E-state index contributed by atoms with van der Waals surface area (Å²) in [5.74, 6) is -3.06. The van der Waals surface area contributed by atoms with Gasteiger partial charge in [0, 0.05) is 54.2 Å². The molecule has 2 aromatic carbocycles. The number of carbonyl (C=O) groups excluding carboxylic acids is 3. The van der Waals surface area contributed by atoms with E-state index < -0.39 is 111 Å². The van der Waals surface area contributed by atoms with Crippen LogP contribution in [0.3, 0.4) is 0 Å². The van der Waals surface area contributed by atoms with Crippen molar-refractivity contribution in [3.8, 4) is 0 Å². The Morgan fingerprint density at radius 2 is 1.44 bits per heavy atom. The molecule has 338 valence electrons. The van der Waals surface area contributed by atoms with Gasteiger partial charge in [0.1, 0.15) is 36.6 Å². The fraction of sp³-hybridized carbons (Fsp3) is 0.564. The van der Waals surface area contributed by atoms with Crippen molar-refractivity contribution in [3.63, 3.8) is 0 Å². The van der Waals surface area contributed by atoms with Gasteiger partial charge in [-0.05, 0) is 55.4 Å². The van der Waals surface area contributed by atoms with Crippen molar-refractivity contribution in [3.05, 3.63) is 65.5 Å². The lowest BCUT2D eigenvalue weighted by Crippen LogP contribution is -2.60. The number of rotatable bonds is 12. The minimum Gasteiger partial charge on any atom is -0.432 e. The lowest BCUT2D eigenvalue weighted by Gasteiger charge is -2.37. The standard InChI is InChI=1S/C39H52N6O16Si/c1-17-33(62(2,3)58)24(9-11-44-16-21(10-12-46)42-43-44)61-39(17)22-14-20(41-35(54)32-28(50)26(48)30(52)37(56)60-32)7-8-23(22)45(38(39)57)15-18-5-4-6-19(13-18)40-34(53)31-27(49)25(47)29(51)36(55)59-31/h4-8,13-14,16-17,24-33,36-37,46-52,55-56,58H,9-12,15H2,1-3H3,(H,40,53)(H,41,54)/t17-,24+,25-,26-,27-,28-,29+,30+,31-,32-,33-,36+,37+,39+/m0/s1. The van der Waals surface area contributed by atoms with Crippen molar-refractivity contribution in [2.24, 2.45) is 5.92 Å². The third-order valence-electron chi connectivity index (χ3n) is 12.1. The second-order valence-corrected chi connectivity index (χ2v) is 20.7. The fourth-order valence-corrected chi connectivity index (χ4v) is 11.6. The van der Waals surface area contributed by atoms with E-state index in [0.717, 1.165) is 0 Å². The Bertz CT molecular complexity index is 2140. The summed E-state index contributed by atoms with van der Waals surface area (Å²) in [6, 6.07) is 10.9. The van der Waals surface area contributed by atoms with Crippen LogP contribution >= 0.6 is 0 Å². The maximum absolute atomic E-state index is 15.2. The fourth-order valence-electron chi connectivity index (χ4n) is 9.03. The van der Waals surface area contributed by atoms with Crippen molar-refractivity contribution in [2.45, 2.75) is 125 Å². The minimum atomic E-state index is -3.15. The molecule has 4 aliphatic heterocycles. The summed E-state index contributed by atoms with van der Waals surface area (Å²) >= 11 is 0. The van der Waals surface area contributed by atoms with Crippen molar-refractivity contribution >= 4 is 43.1 Å². The Labute approximate surface area is 355 Å². The molecule has 23 heteroatoms. The number of aliphatic hydroxyl groups excluding tert-OH is 9. The Morgan fingerprint density at radius 1 is 0.839 bits per heavy atom. The Hall–Kier alpha value is -4.31. The summed E-state index contributed by atoms with van der Waals surface area (Å²) in [7, 11) is -3.15. The van der Waals surface area contributed by atoms with Gasteiger partial charge in [-0.2, -0.15) is 0 Å². The van der Waals surface area contributed by atoms with Crippen molar-refractivity contribution in [2.75, 3.05) is 22.1 Å². The van der Waals surface area contributed by atoms with Gasteiger partial charge in [-0.3, -0.25) is 19.1 Å². The van der Waals surface area contributed by atoms with Gasteiger partial charge in [0.05, 0.1) is 24.0 Å². The summed E-state index contributed by atoms with van der Waals surface area (Å²) in [6.45, 7) is 5.41. The van der Waals surface area contributed by atoms with E-state index in [9.17, 15) is 60.3 Å². The molecule has 0 radical (unpaired) electrons. The van der Waals surface area contributed by atoms with Crippen LogP contribution in [-0.4, -0.2) is 166 Å². The molecule has 0 bridgehead atoms. The van der Waals surface area contributed by atoms with E-state index in [1.54, 1.807) is 48.2 Å². The summed E-state index contributed by atoms with van der Waals surface area (Å²) in [5.41, 5.74) is -0.155. The SMILES string of the molecule is C[C@H]1[C@H]([Si](C)(C)O)[C@@H](CCn2cc(CCO)nn2)O[C@]12C(=O)N(Cc1cccc(NC(=O)[C@H]3O[C@@H](O)[C@H](O)[C@@H](O)[C@@H]3O)c1)c1ccc(NC(=O)[C@H]3O[C@@H](O)[C@H](O)[C@@H](O)[C@@H]3O)cc12. The van der Waals surface area contributed by atoms with Crippen LogP contribution in [0.4, 0.5) is 17.1 Å². The molecule has 0 unspecified atom stereocenters. The topological polar surface area (TPSA) is 339 Å². The number of anilines is 3. The highest BCUT2D eigenvalue weighted by Gasteiger charge is 2.66. The monoisotopic (exact) mass is 888 g/mol. The first-order chi connectivity index (χ1) is 29.3. The maximum atomic E-state index is 15.2. The van der Waals surface area contributed by atoms with Crippen LogP contribution in [0.5, 0.6) is 0 Å². The van der Waals surface area contributed by atoms with Gasteiger partial charge in [0.25, 0.3) is 17.7 Å². The molecule has 0 aliphatic carbocycles. The number of aryl methyl sites for hydroxylation is 1. The molecule has 4 aliphatic rings. The zero-order chi connectivity index (χ0) is 45.0. The number of nitrogens with zero attached hydrogens (tertiary/aromatic N) is 4. The van der Waals surface area contributed by atoms with Gasteiger partial charge in [-0.1, -0.05) is 24.3 Å². The van der Waals surface area contributed by atoms with Crippen LogP contribution < -0.4 is 15.5 Å². The zero-order valence-electron chi connectivity index (χ0n) is 33.9. The highest BCUT2D eigenvalue weighted by molar-refractivity contribution is 6.71. The molecule has 5 heterocycles. The average Bonchev–Trinajstić information content (AvgIpc) is 3.87. The number of hydrogen-bond acceptors (Lipinski definition) is 18. The molecule has 7 rings (SSSR count). The molecule has 3 saturated heterocycles. The Morgan fingerprint density at radius 3 is 2.02 bits per heavy atom. The first kappa shape index (κ1) is 45.7. The molecular weight excluding hydrogens is 837 g/mol. The van der Waals surface area contributed by atoms with Crippen LogP contribution in [0, 0.1) is 5.92 Å². The van der Waals surface area contributed by atoms with E-state index in [1.165, 1.54) is 23.1 Å². The number of aromatic nitrogens is 3. The molecule has 3 fully saturated rings. The van der Waals surface area contributed by atoms with Gasteiger partial charge in [-0.25, -0.2) is 0 Å². The van der Waals surface area contributed by atoms with Crippen LogP contribution in [0.25, 0.3) is 0 Å². The number of hydrogen-bond donors (Lipinski definition) is 12. The second-order valence-electron chi connectivity index (χ2n) is 16.7. The van der Waals surface area contributed by atoms with E-state index in [2.05, 4.69) is 20.9 Å². The maximum Gasteiger partial charge on any atom is 0.264 e. The quantitative estimate of drug-likeness (QED) is 0.0794. The third kappa shape index (κ3) is 8.41. The van der Waals surface area contributed by atoms with E-state index in [-0.39, 0.29) is 24.5 Å². The highest BCUT2D eigenvalue weighted by Crippen LogP contribution is 2.60. The van der Waals surface area contributed by atoms with Crippen LogP contribution in [0.1, 0.15) is 30.2 Å². The van der Waals surface area contributed by atoms with E-state index in [1.807, 2.05) is 6.92 Å². The zero-order valence-corrected chi connectivity index (χ0v) is 34.9. The number of amides is 3. The van der Waals surface area contributed by atoms with Gasteiger partial charge in [0.2, 0.25) is 0 Å². The molecule has 0 saturated carbocycles. The van der Waals surface area contributed by atoms with E-state index in [0.29, 0.717) is 41.9 Å². The normalized spacial score (nSPS) is 34.7. The minimum absolute atomic E-state index is 0.0899. The number of aliphatic hydroxyl groups is 9. The number of nitrogens with one attached hydrogen (secondary N) is 2. The summed E-state index contributed by atoms with van der Waals surface area (Å²) < 4.78 is 18.7. The first-order valence-electron chi connectivity index (χ1n) is 20.1. The van der Waals surface area contributed by atoms with Crippen molar-refractivity contribution in [1.82, 2.24) is 15.0 Å². The number of carbonyl (C=O) groups is 3. The van der Waals surface area contributed by atoms with Crippen LogP contribution in [-0.2, 0) is 53.7 Å². The molecule has 14 atom stereocenters. The van der Waals surface area contributed by atoms with Crippen LogP contribution in [0.15, 0.2) is 48.7 Å². The summed E-state index contributed by atoms with van der Waals surface area (Å²) in [6.07, 6.45) is -17.1. The molecule has 22 nitrogen and oxygen atoms in total. The molecular formula is C39H52N6O16Si. The predicted molar refractivity (Wildman–Crippen MR) is 214 cm³/mol. The molecule has 12 N–H and O–H groups in total. The van der Waals surface area contributed by atoms with Gasteiger partial charge < -0.3 is 80.5 Å². The summed E-state index contributed by atoms with van der Waals surface area (Å²) in [5, 5.41) is 104. The van der Waals surface area contributed by atoms with Gasteiger partial charge in [0.15, 0.2) is 38.7 Å². The highest BCUT2D eigenvalue weighted by atomic mass is 28.4. The van der Waals surface area contributed by atoms with Crippen molar-refractivity contribution < 1.29 is 79.3 Å². The lowest BCUT2D eigenvalue weighted by atomic mass is 9.82. The first-order valence-corrected chi connectivity index (χ1v) is 23.1. The Balaban J connectivity index is 1.21. The van der Waals surface area contributed by atoms with Crippen LogP contribution in [0.2, 0.25) is 18.6 Å². The molecule has 1 aromatic heterocycles. The van der Waals surface area contributed by atoms with E-state index in [4.69, 9.17) is 14.2 Å². The molecule has 3 amide bonds. The summed E-state index contributed by atoms with van der Waals surface area (Å²) in [4.78, 5) is 55.0. The number of fused-ring (bicyclic) bond motifs is 2. The average molecular weight is 889 g/mol. The van der Waals surface area contributed by atoms with E-state index >= 15 is 4.79 Å². The van der Waals surface area contributed by atoms with Gasteiger partial charge in [-0.15, -0.1) is 5.10 Å². The second kappa shape index (κ2) is 17.7. The third-order valence-corrected chi connectivity index (χ3v) is 14.6. The number of benzene rings is 2. The largest absolute Gasteiger partial charge is 0.432 e. The molecule has 3 aromatic rings. The lowest BCUT2D eigenvalue weighted by molar-refractivity contribution is -0.274. The Kier molecular flexibility index (Phi) is 13.0.